The first kappa shape index (κ1) is 15.0. The van der Waals surface area contributed by atoms with Gasteiger partial charge in [0.2, 0.25) is 5.91 Å². The number of nitrogens with one attached hydrogen (secondary N) is 1. The van der Waals surface area contributed by atoms with Gasteiger partial charge in [-0.2, -0.15) is 0 Å². The van der Waals surface area contributed by atoms with E-state index in [9.17, 15) is 4.79 Å². The predicted octanol–water partition coefficient (Wildman–Crippen LogP) is 2.25. The summed E-state index contributed by atoms with van der Waals surface area (Å²) < 4.78 is 0. The third kappa shape index (κ3) is 2.86. The zero-order chi connectivity index (χ0) is 15.7. The Hall–Kier alpha value is -1.88. The Balaban J connectivity index is 1.65. The maximum absolute atomic E-state index is 12.3. The molecule has 5 heteroatoms. The van der Waals surface area contributed by atoms with Crippen LogP contribution in [0.4, 0.5) is 0 Å². The largest absolute Gasteiger partial charge is 0.342 e. The third-order valence-electron chi connectivity index (χ3n) is 4.60. The van der Waals surface area contributed by atoms with E-state index in [1.165, 1.54) is 0 Å². The zero-order valence-corrected chi connectivity index (χ0v) is 13.2. The second kappa shape index (κ2) is 6.08. The van der Waals surface area contributed by atoms with E-state index in [4.69, 9.17) is 5.73 Å². The lowest BCUT2D eigenvalue weighted by atomic mass is 9.94. The summed E-state index contributed by atoms with van der Waals surface area (Å²) in [6.45, 7) is 5.51. The van der Waals surface area contributed by atoms with Crippen LogP contribution in [0, 0.1) is 5.92 Å². The van der Waals surface area contributed by atoms with Gasteiger partial charge in [0, 0.05) is 19.0 Å². The summed E-state index contributed by atoms with van der Waals surface area (Å²) in [4.78, 5) is 22.3. The number of aromatic amines is 1. The van der Waals surface area contributed by atoms with E-state index < -0.39 is 0 Å². The molecule has 0 spiro atoms. The molecule has 1 atom stereocenters. The minimum Gasteiger partial charge on any atom is -0.342 e. The van der Waals surface area contributed by atoms with Gasteiger partial charge in [-0.1, -0.05) is 26.0 Å². The fourth-order valence-electron chi connectivity index (χ4n) is 3.04. The second-order valence-corrected chi connectivity index (χ2v) is 6.51. The van der Waals surface area contributed by atoms with Crippen molar-refractivity contribution < 1.29 is 4.79 Å². The van der Waals surface area contributed by atoms with E-state index in [1.54, 1.807) is 0 Å². The molecule has 2 heterocycles. The molecule has 1 aromatic carbocycles. The van der Waals surface area contributed by atoms with Gasteiger partial charge >= 0.3 is 0 Å². The molecule has 1 aromatic heterocycles. The van der Waals surface area contributed by atoms with Crippen molar-refractivity contribution >= 4 is 16.9 Å². The van der Waals surface area contributed by atoms with Crippen LogP contribution in [0.3, 0.4) is 0 Å². The van der Waals surface area contributed by atoms with Crippen molar-refractivity contribution in [3.05, 3.63) is 30.1 Å². The number of imidazole rings is 1. The summed E-state index contributed by atoms with van der Waals surface area (Å²) >= 11 is 0. The number of benzene rings is 1. The number of likely N-dealkylation sites (tertiary alicyclic amines) is 1. The number of H-pyrrole nitrogens is 1. The fourth-order valence-corrected chi connectivity index (χ4v) is 3.04. The van der Waals surface area contributed by atoms with Gasteiger partial charge in [-0.3, -0.25) is 4.79 Å². The summed E-state index contributed by atoms with van der Waals surface area (Å²) in [7, 11) is 0. The van der Waals surface area contributed by atoms with Crippen molar-refractivity contribution in [3.63, 3.8) is 0 Å². The topological polar surface area (TPSA) is 75.0 Å². The number of piperidine rings is 1. The SMILES string of the molecule is CC(C)C(N)C(=O)N1CCC(c2nc3ccccc3[nH]2)CC1. The van der Waals surface area contributed by atoms with Crippen LogP contribution in [0.2, 0.25) is 0 Å². The van der Waals surface area contributed by atoms with Crippen LogP contribution >= 0.6 is 0 Å². The van der Waals surface area contributed by atoms with Gasteiger partial charge in [0.05, 0.1) is 17.1 Å². The number of para-hydroxylation sites is 2. The Morgan fingerprint density at radius 2 is 2.00 bits per heavy atom. The summed E-state index contributed by atoms with van der Waals surface area (Å²) in [6, 6.07) is 7.70. The molecule has 2 aromatic rings. The number of fused-ring (bicyclic) bond motifs is 1. The molecule has 3 rings (SSSR count). The minimum atomic E-state index is -0.386. The van der Waals surface area contributed by atoms with Crippen LogP contribution in [0.25, 0.3) is 11.0 Å². The summed E-state index contributed by atoms with van der Waals surface area (Å²) in [5.74, 6) is 1.70. The number of nitrogens with two attached hydrogens (primary N) is 1. The maximum atomic E-state index is 12.3. The lowest BCUT2D eigenvalue weighted by Crippen LogP contribution is -2.49. The molecule has 0 radical (unpaired) electrons. The summed E-state index contributed by atoms with van der Waals surface area (Å²) in [5, 5.41) is 0. The van der Waals surface area contributed by atoms with Gasteiger partial charge < -0.3 is 15.6 Å². The lowest BCUT2D eigenvalue weighted by Gasteiger charge is -2.33. The number of carbonyl (C=O) groups is 1. The van der Waals surface area contributed by atoms with E-state index in [0.29, 0.717) is 5.92 Å². The molecule has 3 N–H and O–H groups in total. The number of carbonyl (C=O) groups excluding carboxylic acids is 1. The normalized spacial score (nSPS) is 18.1. The predicted molar refractivity (Wildman–Crippen MR) is 87.5 cm³/mol. The number of amides is 1. The van der Waals surface area contributed by atoms with Crippen molar-refractivity contribution in [2.24, 2.45) is 11.7 Å². The van der Waals surface area contributed by atoms with E-state index in [1.807, 2.05) is 43.0 Å². The molecular weight excluding hydrogens is 276 g/mol. The molecular formula is C17H24N4O. The van der Waals surface area contributed by atoms with Crippen molar-refractivity contribution in [1.29, 1.82) is 0 Å². The Morgan fingerprint density at radius 1 is 1.32 bits per heavy atom. The van der Waals surface area contributed by atoms with Crippen molar-refractivity contribution in [2.45, 2.75) is 38.6 Å². The van der Waals surface area contributed by atoms with Gasteiger partial charge in [-0.15, -0.1) is 0 Å². The van der Waals surface area contributed by atoms with Crippen molar-refractivity contribution in [2.75, 3.05) is 13.1 Å². The Morgan fingerprint density at radius 3 is 2.64 bits per heavy atom. The molecule has 1 fully saturated rings. The molecule has 1 aliphatic rings. The number of nitrogens with zero attached hydrogens (tertiary/aromatic N) is 2. The highest BCUT2D eigenvalue weighted by atomic mass is 16.2. The van der Waals surface area contributed by atoms with E-state index in [-0.39, 0.29) is 17.9 Å². The molecule has 0 saturated carbocycles. The molecule has 0 bridgehead atoms. The quantitative estimate of drug-likeness (QED) is 0.913. The number of aromatic nitrogens is 2. The van der Waals surface area contributed by atoms with Crippen LogP contribution in [0.5, 0.6) is 0 Å². The van der Waals surface area contributed by atoms with E-state index >= 15 is 0 Å². The van der Waals surface area contributed by atoms with Gasteiger partial charge in [-0.25, -0.2) is 4.98 Å². The molecule has 1 saturated heterocycles. The Kier molecular flexibility index (Phi) is 4.16. The molecule has 5 nitrogen and oxygen atoms in total. The average molecular weight is 300 g/mol. The Labute approximate surface area is 130 Å². The highest BCUT2D eigenvalue weighted by molar-refractivity contribution is 5.82. The average Bonchev–Trinajstić information content (AvgIpc) is 2.97. The second-order valence-electron chi connectivity index (χ2n) is 6.51. The van der Waals surface area contributed by atoms with E-state index in [0.717, 1.165) is 42.8 Å². The number of hydrogen-bond acceptors (Lipinski definition) is 3. The first-order valence-electron chi connectivity index (χ1n) is 8.05. The smallest absolute Gasteiger partial charge is 0.239 e. The van der Waals surface area contributed by atoms with Crippen LogP contribution in [-0.4, -0.2) is 39.9 Å². The van der Waals surface area contributed by atoms with Crippen LogP contribution < -0.4 is 5.73 Å². The van der Waals surface area contributed by atoms with Gasteiger partial charge in [0.1, 0.15) is 5.82 Å². The van der Waals surface area contributed by atoms with Crippen molar-refractivity contribution in [3.8, 4) is 0 Å². The molecule has 118 valence electrons. The minimum absolute atomic E-state index is 0.0815. The highest BCUT2D eigenvalue weighted by Gasteiger charge is 2.29. The highest BCUT2D eigenvalue weighted by Crippen LogP contribution is 2.28. The monoisotopic (exact) mass is 300 g/mol. The van der Waals surface area contributed by atoms with E-state index in [2.05, 4.69) is 9.97 Å². The molecule has 1 amide bonds. The third-order valence-corrected chi connectivity index (χ3v) is 4.60. The standard InChI is InChI=1S/C17H24N4O/c1-11(2)15(18)17(22)21-9-7-12(8-10-21)16-19-13-5-3-4-6-14(13)20-16/h3-6,11-12,15H,7-10,18H2,1-2H3,(H,19,20). The molecule has 1 unspecified atom stereocenters. The van der Waals surface area contributed by atoms with Crippen LogP contribution in [0.1, 0.15) is 38.4 Å². The summed E-state index contributed by atoms with van der Waals surface area (Å²) in [5.41, 5.74) is 8.07. The van der Waals surface area contributed by atoms with Crippen LogP contribution in [-0.2, 0) is 4.79 Å². The Bertz CT molecular complexity index is 622. The molecule has 0 aliphatic carbocycles. The fraction of sp³-hybridized carbons (Fsp3) is 0.529. The number of hydrogen-bond donors (Lipinski definition) is 2. The number of rotatable bonds is 3. The zero-order valence-electron chi connectivity index (χ0n) is 13.2. The molecule has 22 heavy (non-hydrogen) atoms. The van der Waals surface area contributed by atoms with Crippen molar-refractivity contribution in [1.82, 2.24) is 14.9 Å². The van der Waals surface area contributed by atoms with Crippen LogP contribution in [0.15, 0.2) is 24.3 Å². The molecule has 1 aliphatic heterocycles. The van der Waals surface area contributed by atoms with Gasteiger partial charge in [0.15, 0.2) is 0 Å². The van der Waals surface area contributed by atoms with Gasteiger partial charge in [-0.05, 0) is 30.9 Å². The first-order chi connectivity index (χ1) is 10.6. The lowest BCUT2D eigenvalue weighted by molar-refractivity contribution is -0.134. The maximum Gasteiger partial charge on any atom is 0.239 e. The van der Waals surface area contributed by atoms with Gasteiger partial charge in [0.25, 0.3) is 0 Å². The summed E-state index contributed by atoms with van der Waals surface area (Å²) in [6.07, 6.45) is 1.88. The first-order valence-corrected chi connectivity index (χ1v) is 8.05.